The summed E-state index contributed by atoms with van der Waals surface area (Å²) in [6.45, 7) is 4.27. The first-order valence-electron chi connectivity index (χ1n) is 9.91. The Morgan fingerprint density at radius 1 is 1.20 bits per heavy atom. The summed E-state index contributed by atoms with van der Waals surface area (Å²) >= 11 is 0. The Morgan fingerprint density at radius 3 is 2.72 bits per heavy atom. The molecule has 5 nitrogen and oxygen atoms in total. The molecule has 1 unspecified atom stereocenters. The van der Waals surface area contributed by atoms with E-state index in [2.05, 4.69) is 16.8 Å². The normalized spacial score (nSPS) is 27.6. The summed E-state index contributed by atoms with van der Waals surface area (Å²) in [6.07, 6.45) is 8.54. The first-order valence-corrected chi connectivity index (χ1v) is 9.91. The van der Waals surface area contributed by atoms with Gasteiger partial charge in [-0.3, -0.25) is 9.59 Å². The van der Waals surface area contributed by atoms with Gasteiger partial charge in [0.2, 0.25) is 5.91 Å². The van der Waals surface area contributed by atoms with E-state index in [9.17, 15) is 9.59 Å². The minimum absolute atomic E-state index is 0.0439. The number of hydrogen-bond donors (Lipinski definition) is 1. The van der Waals surface area contributed by atoms with Crippen LogP contribution in [0.25, 0.3) is 0 Å². The van der Waals surface area contributed by atoms with Crippen molar-refractivity contribution in [3.05, 3.63) is 23.5 Å². The molecule has 1 N–H and O–H groups in total. The van der Waals surface area contributed by atoms with Gasteiger partial charge in [-0.2, -0.15) is 0 Å². The molecular formula is C20H29N3O2. The van der Waals surface area contributed by atoms with Gasteiger partial charge in [-0.1, -0.05) is 19.8 Å². The lowest BCUT2D eigenvalue weighted by Gasteiger charge is -2.42. The van der Waals surface area contributed by atoms with Crippen molar-refractivity contribution in [2.75, 3.05) is 19.6 Å². The van der Waals surface area contributed by atoms with Crippen LogP contribution in [0, 0.1) is 5.41 Å². The molecule has 1 aromatic heterocycles. The Kier molecular flexibility index (Phi) is 4.34. The third-order valence-electron chi connectivity index (χ3n) is 6.53. The highest BCUT2D eigenvalue weighted by Crippen LogP contribution is 2.42. The molecular weight excluding hydrogens is 314 g/mol. The van der Waals surface area contributed by atoms with E-state index in [1.807, 2.05) is 17.0 Å². The van der Waals surface area contributed by atoms with Crippen molar-refractivity contribution in [2.24, 2.45) is 5.41 Å². The van der Waals surface area contributed by atoms with Crippen molar-refractivity contribution in [2.45, 2.75) is 64.3 Å². The molecule has 2 amide bonds. The lowest BCUT2D eigenvalue weighted by molar-refractivity contribution is -0.148. The fraction of sp³-hybridized carbons (Fsp3) is 0.700. The predicted molar refractivity (Wildman–Crippen MR) is 96.3 cm³/mol. The highest BCUT2D eigenvalue weighted by molar-refractivity contribution is 5.94. The van der Waals surface area contributed by atoms with E-state index >= 15 is 0 Å². The van der Waals surface area contributed by atoms with Crippen molar-refractivity contribution in [1.82, 2.24) is 14.8 Å². The quantitative estimate of drug-likeness (QED) is 0.917. The summed E-state index contributed by atoms with van der Waals surface area (Å²) < 4.78 is 0. The van der Waals surface area contributed by atoms with Crippen molar-refractivity contribution < 1.29 is 9.59 Å². The van der Waals surface area contributed by atoms with Crippen LogP contribution in [0.3, 0.4) is 0 Å². The van der Waals surface area contributed by atoms with Crippen LogP contribution in [0.15, 0.2) is 12.1 Å². The highest BCUT2D eigenvalue weighted by Gasteiger charge is 2.50. The fourth-order valence-corrected chi connectivity index (χ4v) is 5.03. The minimum Gasteiger partial charge on any atom is -0.354 e. The number of carbonyl (C=O) groups is 2. The number of aryl methyl sites for hydroxylation is 1. The van der Waals surface area contributed by atoms with Crippen LogP contribution < -0.4 is 0 Å². The van der Waals surface area contributed by atoms with Crippen molar-refractivity contribution >= 4 is 11.8 Å². The van der Waals surface area contributed by atoms with Crippen LogP contribution in [0.2, 0.25) is 0 Å². The molecule has 1 saturated carbocycles. The van der Waals surface area contributed by atoms with Crippen LogP contribution in [0.5, 0.6) is 0 Å². The molecule has 1 spiro atoms. The summed E-state index contributed by atoms with van der Waals surface area (Å²) in [5, 5.41) is 0. The third-order valence-corrected chi connectivity index (χ3v) is 6.53. The summed E-state index contributed by atoms with van der Waals surface area (Å²) in [7, 11) is 0. The van der Waals surface area contributed by atoms with Gasteiger partial charge in [0.15, 0.2) is 0 Å². The van der Waals surface area contributed by atoms with E-state index in [4.69, 9.17) is 0 Å². The Balaban J connectivity index is 1.48. The van der Waals surface area contributed by atoms with Gasteiger partial charge in [-0.25, -0.2) is 0 Å². The molecule has 0 radical (unpaired) electrons. The molecule has 1 atom stereocenters. The van der Waals surface area contributed by atoms with E-state index in [-0.39, 0.29) is 11.3 Å². The third kappa shape index (κ3) is 2.87. The molecule has 3 fully saturated rings. The molecule has 4 rings (SSSR count). The van der Waals surface area contributed by atoms with Gasteiger partial charge in [-0.05, 0) is 50.7 Å². The fourth-order valence-electron chi connectivity index (χ4n) is 5.03. The van der Waals surface area contributed by atoms with Crippen LogP contribution in [-0.4, -0.2) is 52.3 Å². The molecule has 1 aliphatic carbocycles. The van der Waals surface area contributed by atoms with Crippen LogP contribution in [0.4, 0.5) is 0 Å². The van der Waals surface area contributed by atoms with Gasteiger partial charge in [-0.15, -0.1) is 0 Å². The molecule has 3 heterocycles. The number of likely N-dealkylation sites (tertiary alicyclic amines) is 2. The average molecular weight is 343 g/mol. The Labute approximate surface area is 149 Å². The summed E-state index contributed by atoms with van der Waals surface area (Å²) in [5.74, 6) is 0.365. The lowest BCUT2D eigenvalue weighted by atomic mass is 9.77. The van der Waals surface area contributed by atoms with E-state index in [0.29, 0.717) is 30.7 Å². The second-order valence-electron chi connectivity index (χ2n) is 8.05. The zero-order valence-electron chi connectivity index (χ0n) is 15.2. The summed E-state index contributed by atoms with van der Waals surface area (Å²) in [4.78, 5) is 33.3. The lowest BCUT2D eigenvalue weighted by Crippen LogP contribution is -2.53. The second-order valence-corrected chi connectivity index (χ2v) is 8.05. The Bertz CT molecular complexity index is 662. The molecule has 3 aliphatic rings. The van der Waals surface area contributed by atoms with Gasteiger partial charge in [0.05, 0.1) is 5.41 Å². The molecule has 5 heteroatoms. The minimum atomic E-state index is -0.323. The number of amides is 2. The standard InChI is InChI=1S/C20H29N3O2/c1-2-15-8-9-17(21-15)18(24)22-13-11-20(14-22)10-5-12-23(19(20)25)16-6-3-4-7-16/h8-9,16,21H,2-7,10-14H2,1H3. The number of piperidine rings is 1. The number of aromatic amines is 1. The number of rotatable bonds is 3. The number of carbonyl (C=O) groups excluding carboxylic acids is 2. The zero-order chi connectivity index (χ0) is 17.4. The predicted octanol–water partition coefficient (Wildman–Crippen LogP) is 2.97. The van der Waals surface area contributed by atoms with E-state index < -0.39 is 0 Å². The monoisotopic (exact) mass is 343 g/mol. The molecule has 136 valence electrons. The molecule has 0 bridgehead atoms. The van der Waals surface area contributed by atoms with E-state index in [1.165, 1.54) is 12.8 Å². The van der Waals surface area contributed by atoms with E-state index in [1.54, 1.807) is 0 Å². The maximum atomic E-state index is 13.3. The Morgan fingerprint density at radius 2 is 2.00 bits per heavy atom. The largest absolute Gasteiger partial charge is 0.354 e. The van der Waals surface area contributed by atoms with Crippen molar-refractivity contribution in [3.8, 4) is 0 Å². The molecule has 25 heavy (non-hydrogen) atoms. The summed E-state index contributed by atoms with van der Waals surface area (Å²) in [6, 6.07) is 4.30. The summed E-state index contributed by atoms with van der Waals surface area (Å²) in [5.41, 5.74) is 1.42. The average Bonchev–Trinajstić information content (AvgIpc) is 3.38. The first kappa shape index (κ1) is 16.7. The maximum absolute atomic E-state index is 13.3. The smallest absolute Gasteiger partial charge is 0.270 e. The van der Waals surface area contributed by atoms with Gasteiger partial charge >= 0.3 is 0 Å². The topological polar surface area (TPSA) is 56.4 Å². The van der Waals surface area contributed by atoms with Crippen molar-refractivity contribution in [1.29, 1.82) is 0 Å². The second kappa shape index (κ2) is 6.50. The van der Waals surface area contributed by atoms with Gasteiger partial charge < -0.3 is 14.8 Å². The molecule has 0 aromatic carbocycles. The van der Waals surface area contributed by atoms with Gasteiger partial charge in [0, 0.05) is 31.4 Å². The molecule has 2 saturated heterocycles. The molecule has 1 aromatic rings. The zero-order valence-corrected chi connectivity index (χ0v) is 15.2. The Hall–Kier alpha value is -1.78. The number of nitrogens with zero attached hydrogens (tertiary/aromatic N) is 2. The number of H-pyrrole nitrogens is 1. The van der Waals surface area contributed by atoms with Crippen LogP contribution in [0.1, 0.15) is 68.1 Å². The highest BCUT2D eigenvalue weighted by atomic mass is 16.2. The van der Waals surface area contributed by atoms with Gasteiger partial charge in [0.1, 0.15) is 5.69 Å². The van der Waals surface area contributed by atoms with E-state index in [0.717, 1.165) is 50.8 Å². The SMILES string of the molecule is CCc1ccc(C(=O)N2CCC3(CCCN(C4CCCC4)C3=O)C2)[nH]1. The van der Waals surface area contributed by atoms with Gasteiger partial charge in [0.25, 0.3) is 5.91 Å². The van der Waals surface area contributed by atoms with Crippen LogP contribution >= 0.6 is 0 Å². The number of aromatic nitrogens is 1. The van der Waals surface area contributed by atoms with Crippen LogP contribution in [-0.2, 0) is 11.2 Å². The maximum Gasteiger partial charge on any atom is 0.270 e. The number of hydrogen-bond acceptors (Lipinski definition) is 2. The first-order chi connectivity index (χ1) is 12.1. The van der Waals surface area contributed by atoms with Crippen molar-refractivity contribution in [3.63, 3.8) is 0 Å². The number of nitrogens with one attached hydrogen (secondary N) is 1. The molecule has 2 aliphatic heterocycles.